The van der Waals surface area contributed by atoms with Crippen molar-refractivity contribution in [1.29, 1.82) is 0 Å². The largest absolute Gasteiger partial charge is 0.479 e. The highest BCUT2D eigenvalue weighted by Gasteiger charge is 2.47. The number of hydrogen-bond acceptors (Lipinski definition) is 5. The number of rotatable bonds is 7. The Balaban J connectivity index is 1.36. The third-order valence-electron chi connectivity index (χ3n) is 6.17. The van der Waals surface area contributed by atoms with E-state index in [0.717, 1.165) is 22.3 Å². The summed E-state index contributed by atoms with van der Waals surface area (Å²) in [4.78, 5) is 35.7. The first-order valence-electron chi connectivity index (χ1n) is 11.0. The maximum Gasteiger partial charge on any atom is 0.407 e. The molecule has 0 radical (unpaired) electrons. The quantitative estimate of drug-likeness (QED) is 0.548. The lowest BCUT2D eigenvalue weighted by Gasteiger charge is -2.23. The van der Waals surface area contributed by atoms with Gasteiger partial charge in [0.2, 0.25) is 5.91 Å². The number of carboxylic acid groups (broad SMARTS) is 1. The van der Waals surface area contributed by atoms with Crippen molar-refractivity contribution in [3.8, 4) is 11.1 Å². The summed E-state index contributed by atoms with van der Waals surface area (Å²) in [5.74, 6) is -5.69. The van der Waals surface area contributed by atoms with E-state index < -0.39 is 48.8 Å². The van der Waals surface area contributed by atoms with Crippen LogP contribution in [0.15, 0.2) is 48.5 Å². The second-order valence-corrected chi connectivity index (χ2v) is 8.33. The van der Waals surface area contributed by atoms with Crippen LogP contribution in [0.3, 0.4) is 0 Å². The van der Waals surface area contributed by atoms with Gasteiger partial charge in [-0.05, 0) is 28.7 Å². The first-order valence-corrected chi connectivity index (χ1v) is 11.0. The van der Waals surface area contributed by atoms with Crippen molar-refractivity contribution in [2.24, 2.45) is 5.92 Å². The van der Waals surface area contributed by atoms with E-state index in [4.69, 9.17) is 14.6 Å². The van der Waals surface area contributed by atoms with Gasteiger partial charge < -0.3 is 25.2 Å². The number of fused-ring (bicyclic) bond motifs is 3. The van der Waals surface area contributed by atoms with E-state index in [1.165, 1.54) is 0 Å². The summed E-state index contributed by atoms with van der Waals surface area (Å²) in [5, 5.41) is 13.2. The van der Waals surface area contributed by atoms with Crippen molar-refractivity contribution >= 4 is 18.0 Å². The predicted octanol–water partition coefficient (Wildman–Crippen LogP) is 3.06. The fourth-order valence-corrected chi connectivity index (χ4v) is 4.46. The second kappa shape index (κ2) is 9.95. The van der Waals surface area contributed by atoms with Gasteiger partial charge in [0.05, 0.1) is 6.04 Å². The van der Waals surface area contributed by atoms with E-state index in [2.05, 4.69) is 5.32 Å². The molecule has 0 aromatic heterocycles. The Bertz CT molecular complexity index is 1080. The Labute approximate surface area is 198 Å². The molecule has 3 N–H and O–H groups in total. The highest BCUT2D eigenvalue weighted by molar-refractivity contribution is 5.82. The van der Waals surface area contributed by atoms with Crippen molar-refractivity contribution in [2.45, 2.75) is 30.7 Å². The zero-order valence-electron chi connectivity index (χ0n) is 18.4. The van der Waals surface area contributed by atoms with Crippen LogP contribution in [0.25, 0.3) is 11.1 Å². The van der Waals surface area contributed by atoms with Crippen LogP contribution in [0.5, 0.6) is 0 Å². The van der Waals surface area contributed by atoms with E-state index in [0.29, 0.717) is 0 Å². The first kappa shape index (κ1) is 24.5. The minimum absolute atomic E-state index is 0.00338. The molecule has 1 aliphatic heterocycles. The topological polar surface area (TPSA) is 114 Å². The summed E-state index contributed by atoms with van der Waals surface area (Å²) >= 11 is 0. The van der Waals surface area contributed by atoms with Crippen molar-refractivity contribution in [3.63, 3.8) is 0 Å². The van der Waals surface area contributed by atoms with Crippen LogP contribution < -0.4 is 10.6 Å². The minimum Gasteiger partial charge on any atom is -0.479 e. The molecule has 2 amide bonds. The number of carboxylic acids is 1. The molecular weight excluding hydrogens is 469 g/mol. The molecule has 1 aliphatic carbocycles. The Hall–Kier alpha value is -3.60. The highest BCUT2D eigenvalue weighted by atomic mass is 19.4. The molecular formula is C24H23F3N2O6. The second-order valence-electron chi connectivity index (χ2n) is 8.33. The van der Waals surface area contributed by atoms with E-state index in [1.807, 2.05) is 53.8 Å². The molecule has 2 aromatic rings. The maximum absolute atomic E-state index is 13.5. The summed E-state index contributed by atoms with van der Waals surface area (Å²) in [6, 6.07) is 14.1. The van der Waals surface area contributed by atoms with Crippen LogP contribution in [0.2, 0.25) is 0 Å². The van der Waals surface area contributed by atoms with Crippen LogP contribution in [0, 0.1) is 5.92 Å². The van der Waals surface area contributed by atoms with Crippen molar-refractivity contribution in [2.75, 3.05) is 19.8 Å². The Morgan fingerprint density at radius 2 is 1.66 bits per heavy atom. The Kier molecular flexibility index (Phi) is 6.97. The van der Waals surface area contributed by atoms with Gasteiger partial charge in [0.15, 0.2) is 12.0 Å². The number of alkyl halides is 3. The molecule has 35 heavy (non-hydrogen) atoms. The lowest BCUT2D eigenvalue weighted by Crippen LogP contribution is -2.51. The van der Waals surface area contributed by atoms with E-state index >= 15 is 0 Å². The van der Waals surface area contributed by atoms with Crippen LogP contribution in [0.1, 0.15) is 23.5 Å². The van der Waals surface area contributed by atoms with E-state index in [-0.39, 0.29) is 25.6 Å². The molecule has 8 nitrogen and oxygen atoms in total. The van der Waals surface area contributed by atoms with Crippen LogP contribution >= 0.6 is 0 Å². The summed E-state index contributed by atoms with van der Waals surface area (Å²) in [5.41, 5.74) is 3.89. The van der Waals surface area contributed by atoms with Crippen molar-refractivity contribution in [1.82, 2.24) is 10.6 Å². The van der Waals surface area contributed by atoms with Crippen LogP contribution in [-0.4, -0.2) is 61.2 Å². The smallest absolute Gasteiger partial charge is 0.407 e. The van der Waals surface area contributed by atoms with Gasteiger partial charge in [0.25, 0.3) is 0 Å². The number of benzene rings is 2. The number of amides is 2. The zero-order valence-corrected chi connectivity index (χ0v) is 18.4. The van der Waals surface area contributed by atoms with Crippen LogP contribution in [0.4, 0.5) is 18.0 Å². The molecule has 186 valence electrons. The normalized spacial score (nSPS) is 20.0. The molecule has 1 fully saturated rings. The monoisotopic (exact) mass is 492 g/mol. The number of nitrogens with one attached hydrogen (secondary N) is 2. The van der Waals surface area contributed by atoms with Gasteiger partial charge in [-0.2, -0.15) is 13.2 Å². The molecule has 3 atom stereocenters. The van der Waals surface area contributed by atoms with Crippen molar-refractivity contribution < 1.29 is 42.1 Å². The van der Waals surface area contributed by atoms with Gasteiger partial charge >= 0.3 is 18.2 Å². The van der Waals surface area contributed by atoms with E-state index in [1.54, 1.807) is 0 Å². The van der Waals surface area contributed by atoms with Gasteiger partial charge in [-0.3, -0.25) is 4.79 Å². The van der Waals surface area contributed by atoms with Gasteiger partial charge in [-0.25, -0.2) is 9.59 Å². The number of hydrogen-bond donors (Lipinski definition) is 3. The molecule has 1 saturated heterocycles. The Morgan fingerprint density at radius 3 is 2.23 bits per heavy atom. The summed E-state index contributed by atoms with van der Waals surface area (Å²) in [7, 11) is 0. The van der Waals surface area contributed by atoms with Gasteiger partial charge in [0, 0.05) is 19.1 Å². The Morgan fingerprint density at radius 1 is 1.06 bits per heavy atom. The summed E-state index contributed by atoms with van der Waals surface area (Å²) in [6.45, 7) is -1.16. The molecule has 1 unspecified atom stereocenters. The molecule has 0 bridgehead atoms. The summed E-state index contributed by atoms with van der Waals surface area (Å²) in [6.07, 6.45) is -7.43. The molecule has 11 heteroatoms. The highest BCUT2D eigenvalue weighted by Crippen LogP contribution is 2.44. The third-order valence-corrected chi connectivity index (χ3v) is 6.17. The average Bonchev–Trinajstić information content (AvgIpc) is 3.39. The average molecular weight is 492 g/mol. The molecule has 1 heterocycles. The van der Waals surface area contributed by atoms with Crippen LogP contribution in [-0.2, 0) is 19.1 Å². The standard InChI is InChI=1S/C24H23F3N2O6/c25-24(26,27)18(21(30)29-19-9-10-34-20(19)22(31)32)11-28-23(33)35-12-17-15-7-3-1-5-13(15)14-6-2-4-8-16(14)17/h1-8,17-20H,9-12H2,(H,28,33)(H,29,30)(H,31,32)/t18?,19-,20+/m0/s1. The third kappa shape index (κ3) is 5.24. The number of ether oxygens (including phenoxy) is 2. The predicted molar refractivity (Wildman–Crippen MR) is 117 cm³/mol. The molecule has 0 saturated carbocycles. The number of aliphatic carboxylic acids is 1. The summed E-state index contributed by atoms with van der Waals surface area (Å²) < 4.78 is 50.7. The SMILES string of the molecule is O=C(NCC(C(=O)N[C@H]1CCO[C@H]1C(=O)O)C(F)(F)F)OCC1c2ccccc2-c2ccccc21. The minimum atomic E-state index is -4.97. The number of alkyl carbamates (subject to hydrolysis) is 1. The fraction of sp³-hybridized carbons (Fsp3) is 0.375. The molecule has 0 spiro atoms. The zero-order chi connectivity index (χ0) is 25.2. The van der Waals surface area contributed by atoms with Gasteiger partial charge in [-0.1, -0.05) is 48.5 Å². The number of halogens is 3. The number of carbonyl (C=O) groups is 3. The maximum atomic E-state index is 13.5. The lowest BCUT2D eigenvalue weighted by molar-refractivity contribution is -0.181. The van der Waals surface area contributed by atoms with Crippen molar-refractivity contribution in [3.05, 3.63) is 59.7 Å². The molecule has 2 aliphatic rings. The molecule has 4 rings (SSSR count). The number of carbonyl (C=O) groups excluding carboxylic acids is 2. The van der Waals surface area contributed by atoms with E-state index in [9.17, 15) is 27.6 Å². The van der Waals surface area contributed by atoms with Gasteiger partial charge in [0.1, 0.15) is 6.61 Å². The lowest BCUT2D eigenvalue weighted by atomic mass is 9.98. The fourth-order valence-electron chi connectivity index (χ4n) is 4.46. The van der Waals surface area contributed by atoms with Gasteiger partial charge in [-0.15, -0.1) is 0 Å². The molecule has 2 aromatic carbocycles. The first-order chi connectivity index (χ1) is 16.7.